The molecule has 2 aromatic rings. The molecule has 2 heterocycles. The van der Waals surface area contributed by atoms with Crippen molar-refractivity contribution in [2.24, 2.45) is 5.84 Å². The lowest BCUT2D eigenvalue weighted by atomic mass is 10.2. The number of nitrogens with one attached hydrogen (secondary N) is 2. The van der Waals surface area contributed by atoms with Crippen molar-refractivity contribution in [3.63, 3.8) is 0 Å². The summed E-state index contributed by atoms with van der Waals surface area (Å²) in [7, 11) is 0. The number of hydrazine groups is 1. The molecule has 0 amide bonds. The molecule has 0 radical (unpaired) electrons. The van der Waals surface area contributed by atoms with E-state index in [4.69, 9.17) is 5.84 Å². The number of nitrogens with two attached hydrogens (primary N) is 1. The fraction of sp³-hybridized carbons (Fsp3) is 0.308. The second-order valence-electron chi connectivity index (χ2n) is 4.76. The van der Waals surface area contributed by atoms with E-state index in [-0.39, 0.29) is 17.5 Å². The van der Waals surface area contributed by atoms with Gasteiger partial charge in [0.25, 0.3) is 5.69 Å². The van der Waals surface area contributed by atoms with Gasteiger partial charge in [0.15, 0.2) is 0 Å². The van der Waals surface area contributed by atoms with Crippen molar-refractivity contribution in [1.82, 2.24) is 4.98 Å². The minimum absolute atomic E-state index is 0.0559. The minimum Gasteiger partial charge on any atom is -0.367 e. The van der Waals surface area contributed by atoms with Gasteiger partial charge in [-0.2, -0.15) is 0 Å². The lowest BCUT2D eigenvalue weighted by molar-refractivity contribution is -0.384. The predicted octanol–water partition coefficient (Wildman–Crippen LogP) is 2.69. The third kappa shape index (κ3) is 4.14. The van der Waals surface area contributed by atoms with Gasteiger partial charge in [-0.15, -0.1) is 11.3 Å². The van der Waals surface area contributed by atoms with Crippen LogP contribution in [0.5, 0.6) is 0 Å². The van der Waals surface area contributed by atoms with Gasteiger partial charge >= 0.3 is 0 Å². The molecule has 1 atom stereocenters. The van der Waals surface area contributed by atoms with Crippen LogP contribution in [0.25, 0.3) is 0 Å². The van der Waals surface area contributed by atoms with Crippen LogP contribution in [0.4, 0.5) is 17.3 Å². The Hall–Kier alpha value is -2.19. The van der Waals surface area contributed by atoms with Crippen molar-refractivity contribution in [3.05, 3.63) is 44.1 Å². The Bertz CT molecular complexity index is 643. The van der Waals surface area contributed by atoms with Gasteiger partial charge < -0.3 is 10.7 Å². The molecule has 8 heteroatoms. The molecule has 0 spiro atoms. The van der Waals surface area contributed by atoms with Crippen LogP contribution in [0.2, 0.25) is 0 Å². The van der Waals surface area contributed by atoms with Gasteiger partial charge in [0, 0.05) is 22.2 Å². The predicted molar refractivity (Wildman–Crippen MR) is 84.5 cm³/mol. The first-order valence-electron chi connectivity index (χ1n) is 6.43. The highest BCUT2D eigenvalue weighted by molar-refractivity contribution is 7.11. The van der Waals surface area contributed by atoms with Crippen molar-refractivity contribution < 1.29 is 4.92 Å². The molecular formula is C13H17N5O2S. The smallest absolute Gasteiger partial charge is 0.276 e. The van der Waals surface area contributed by atoms with E-state index in [1.54, 1.807) is 11.3 Å². The summed E-state index contributed by atoms with van der Waals surface area (Å²) in [6, 6.07) is 6.96. The Morgan fingerprint density at radius 2 is 2.14 bits per heavy atom. The van der Waals surface area contributed by atoms with Crippen molar-refractivity contribution in [1.29, 1.82) is 0 Å². The molecule has 0 bridgehead atoms. The molecule has 0 fully saturated rings. The van der Waals surface area contributed by atoms with Crippen LogP contribution >= 0.6 is 11.3 Å². The zero-order valence-electron chi connectivity index (χ0n) is 11.8. The molecule has 2 rings (SSSR count). The van der Waals surface area contributed by atoms with Gasteiger partial charge in [-0.3, -0.25) is 10.1 Å². The Morgan fingerprint density at radius 3 is 2.71 bits per heavy atom. The summed E-state index contributed by atoms with van der Waals surface area (Å²) >= 11 is 1.74. The maximum atomic E-state index is 10.9. The van der Waals surface area contributed by atoms with E-state index in [1.807, 2.05) is 6.92 Å². The molecule has 0 saturated heterocycles. The minimum atomic E-state index is -0.471. The first-order valence-corrected chi connectivity index (χ1v) is 7.24. The van der Waals surface area contributed by atoms with Crippen molar-refractivity contribution in [3.8, 4) is 0 Å². The summed E-state index contributed by atoms with van der Waals surface area (Å²) in [6.45, 7) is 4.07. The second kappa shape index (κ2) is 6.51. The number of nitrogens with zero attached hydrogens (tertiary/aromatic N) is 2. The standard InChI is InChI=1S/C13H17N5O2S/c1-8(5-11-4-3-9(2)21-11)15-12-6-10(18(19)20)7-13(16-12)17-14/h3-4,6-8H,5,14H2,1-2H3,(H2,15,16,17). The molecule has 0 aliphatic carbocycles. The number of aryl methyl sites for hydroxylation is 1. The van der Waals surface area contributed by atoms with Gasteiger partial charge in [-0.05, 0) is 26.0 Å². The van der Waals surface area contributed by atoms with E-state index in [9.17, 15) is 10.1 Å². The number of hydrogen-bond donors (Lipinski definition) is 3. The SMILES string of the molecule is Cc1ccc(CC(C)Nc2cc([N+](=O)[O-])cc(NN)n2)s1. The summed E-state index contributed by atoms with van der Waals surface area (Å²) in [5.74, 6) is 5.97. The van der Waals surface area contributed by atoms with Crippen LogP contribution in [-0.2, 0) is 6.42 Å². The average molecular weight is 307 g/mol. The van der Waals surface area contributed by atoms with Gasteiger partial charge in [0.1, 0.15) is 11.6 Å². The summed E-state index contributed by atoms with van der Waals surface area (Å²) in [5, 5.41) is 14.0. The van der Waals surface area contributed by atoms with E-state index in [2.05, 4.69) is 34.8 Å². The third-order valence-corrected chi connectivity index (χ3v) is 3.89. The lowest BCUT2D eigenvalue weighted by Gasteiger charge is -2.14. The van der Waals surface area contributed by atoms with Crippen molar-refractivity contribution >= 4 is 28.7 Å². The lowest BCUT2D eigenvalue weighted by Crippen LogP contribution is -2.19. The topological polar surface area (TPSA) is 106 Å². The number of nitro groups is 1. The molecular weight excluding hydrogens is 290 g/mol. The maximum absolute atomic E-state index is 10.9. The zero-order valence-corrected chi connectivity index (χ0v) is 12.6. The number of hydrogen-bond acceptors (Lipinski definition) is 7. The fourth-order valence-electron chi connectivity index (χ4n) is 1.97. The Balaban J connectivity index is 2.10. The highest BCUT2D eigenvalue weighted by atomic mass is 32.1. The van der Waals surface area contributed by atoms with E-state index in [0.717, 1.165) is 6.42 Å². The second-order valence-corrected chi connectivity index (χ2v) is 6.13. The van der Waals surface area contributed by atoms with Crippen LogP contribution in [-0.4, -0.2) is 15.9 Å². The quantitative estimate of drug-likeness (QED) is 0.430. The fourth-order valence-corrected chi connectivity index (χ4v) is 2.99. The van der Waals surface area contributed by atoms with E-state index in [0.29, 0.717) is 5.82 Å². The highest BCUT2D eigenvalue weighted by Crippen LogP contribution is 2.22. The van der Waals surface area contributed by atoms with E-state index < -0.39 is 4.92 Å². The Morgan fingerprint density at radius 1 is 1.43 bits per heavy atom. The Labute approximate surface area is 126 Å². The molecule has 4 N–H and O–H groups in total. The van der Waals surface area contributed by atoms with Gasteiger partial charge in [-0.25, -0.2) is 10.8 Å². The molecule has 2 aromatic heterocycles. The number of anilines is 2. The summed E-state index contributed by atoms with van der Waals surface area (Å²) in [4.78, 5) is 17.1. The van der Waals surface area contributed by atoms with Crippen LogP contribution in [0.3, 0.4) is 0 Å². The first-order chi connectivity index (χ1) is 9.97. The molecule has 0 aromatic carbocycles. The largest absolute Gasteiger partial charge is 0.367 e. The molecule has 0 aliphatic rings. The summed E-state index contributed by atoms with van der Waals surface area (Å²) in [6.07, 6.45) is 0.828. The van der Waals surface area contributed by atoms with Gasteiger partial charge in [0.2, 0.25) is 0 Å². The number of rotatable bonds is 6. The van der Waals surface area contributed by atoms with Crippen LogP contribution in [0, 0.1) is 17.0 Å². The van der Waals surface area contributed by atoms with Crippen LogP contribution in [0.15, 0.2) is 24.3 Å². The number of aromatic nitrogens is 1. The molecule has 0 saturated carbocycles. The highest BCUT2D eigenvalue weighted by Gasteiger charge is 2.13. The molecule has 112 valence electrons. The first kappa shape index (κ1) is 15.2. The van der Waals surface area contributed by atoms with Gasteiger partial charge in [-0.1, -0.05) is 0 Å². The molecule has 7 nitrogen and oxygen atoms in total. The molecule has 0 aliphatic heterocycles. The molecule has 1 unspecified atom stereocenters. The molecule has 21 heavy (non-hydrogen) atoms. The van der Waals surface area contributed by atoms with E-state index in [1.165, 1.54) is 21.9 Å². The van der Waals surface area contributed by atoms with Crippen molar-refractivity contribution in [2.75, 3.05) is 10.7 Å². The normalized spacial score (nSPS) is 12.0. The van der Waals surface area contributed by atoms with Crippen LogP contribution < -0.4 is 16.6 Å². The average Bonchev–Trinajstić information content (AvgIpc) is 2.83. The zero-order chi connectivity index (χ0) is 15.4. The van der Waals surface area contributed by atoms with E-state index >= 15 is 0 Å². The number of nitrogen functional groups attached to an aromatic ring is 1. The van der Waals surface area contributed by atoms with Crippen molar-refractivity contribution in [2.45, 2.75) is 26.3 Å². The summed E-state index contributed by atoms with van der Waals surface area (Å²) in [5.41, 5.74) is 2.28. The van der Waals surface area contributed by atoms with Crippen LogP contribution in [0.1, 0.15) is 16.7 Å². The monoisotopic (exact) mass is 307 g/mol. The Kier molecular flexibility index (Phi) is 4.71. The number of thiophene rings is 1. The maximum Gasteiger partial charge on any atom is 0.276 e. The van der Waals surface area contributed by atoms with Gasteiger partial charge in [0.05, 0.1) is 17.1 Å². The number of pyridine rings is 1. The third-order valence-electron chi connectivity index (χ3n) is 2.87. The summed E-state index contributed by atoms with van der Waals surface area (Å²) < 4.78 is 0.